The molecular formula is C25H31N7O2S. The van der Waals surface area contributed by atoms with Crippen molar-refractivity contribution in [2.45, 2.75) is 45.1 Å². The van der Waals surface area contributed by atoms with Gasteiger partial charge in [-0.1, -0.05) is 31.1 Å². The highest BCUT2D eigenvalue weighted by molar-refractivity contribution is 7.91. The zero-order valence-corrected chi connectivity index (χ0v) is 20.8. The normalized spacial score (nSPS) is 18.7. The quantitative estimate of drug-likeness (QED) is 0.464. The van der Waals surface area contributed by atoms with Crippen molar-refractivity contribution in [3.05, 3.63) is 35.7 Å². The molecule has 0 bridgehead atoms. The fraction of sp³-hybridized carbons (Fsp3) is 0.480. The Hall–Kier alpha value is -3.16. The predicted molar refractivity (Wildman–Crippen MR) is 139 cm³/mol. The summed E-state index contributed by atoms with van der Waals surface area (Å²) < 4.78 is 23.1. The first-order valence-corrected chi connectivity index (χ1v) is 14.0. The van der Waals surface area contributed by atoms with E-state index >= 15 is 0 Å². The monoisotopic (exact) mass is 493 g/mol. The minimum Gasteiger partial charge on any atom is -0.365 e. The van der Waals surface area contributed by atoms with E-state index in [1.165, 1.54) is 19.3 Å². The van der Waals surface area contributed by atoms with Crippen LogP contribution in [0.1, 0.15) is 43.2 Å². The lowest BCUT2D eigenvalue weighted by Crippen LogP contribution is -2.40. The molecule has 2 aromatic heterocycles. The maximum Gasteiger partial charge on any atom is 0.231 e. The van der Waals surface area contributed by atoms with Gasteiger partial charge >= 0.3 is 0 Å². The zero-order valence-electron chi connectivity index (χ0n) is 20.0. The van der Waals surface area contributed by atoms with Crippen molar-refractivity contribution in [1.29, 1.82) is 0 Å². The van der Waals surface area contributed by atoms with Gasteiger partial charge in [-0.25, -0.2) is 13.4 Å². The van der Waals surface area contributed by atoms with Crippen LogP contribution in [0.25, 0.3) is 11.2 Å². The number of rotatable bonds is 5. The number of imidazole rings is 1. The Balaban J connectivity index is 1.27. The highest BCUT2D eigenvalue weighted by atomic mass is 32.2. The maximum atomic E-state index is 11.6. The number of fused-ring (bicyclic) bond motifs is 1. The SMILES string of the molecule is Cc1cc(C#CCN2CCS(=O)(=O)CC2)ccc1Nc1nc(NC2CCCCC2)c2[nH]cnc2n1. The Bertz CT molecular complexity index is 1350. The van der Waals surface area contributed by atoms with Crippen LogP contribution < -0.4 is 10.6 Å². The third-order valence-corrected chi connectivity index (χ3v) is 8.29. The van der Waals surface area contributed by atoms with Crippen LogP contribution in [-0.4, -0.2) is 70.4 Å². The van der Waals surface area contributed by atoms with Crippen LogP contribution in [0, 0.1) is 18.8 Å². The van der Waals surface area contributed by atoms with Gasteiger partial charge in [-0.2, -0.15) is 9.97 Å². The Morgan fingerprint density at radius 3 is 2.71 bits per heavy atom. The van der Waals surface area contributed by atoms with Gasteiger partial charge in [0.1, 0.15) is 5.52 Å². The molecule has 9 nitrogen and oxygen atoms in total. The molecule has 1 aliphatic carbocycles. The Morgan fingerprint density at radius 1 is 1.14 bits per heavy atom. The second-order valence-electron chi connectivity index (χ2n) is 9.36. The fourth-order valence-electron chi connectivity index (χ4n) is 4.60. The molecule has 1 saturated carbocycles. The highest BCUT2D eigenvalue weighted by Crippen LogP contribution is 2.26. The molecule has 3 aromatic rings. The fourth-order valence-corrected chi connectivity index (χ4v) is 5.87. The van der Waals surface area contributed by atoms with E-state index in [1.54, 1.807) is 6.33 Å². The summed E-state index contributed by atoms with van der Waals surface area (Å²) in [6.07, 6.45) is 7.75. The summed E-state index contributed by atoms with van der Waals surface area (Å²) in [5.41, 5.74) is 4.32. The van der Waals surface area contributed by atoms with Gasteiger partial charge in [-0.05, 0) is 43.5 Å². The standard InChI is InChI=1S/C25H31N7O2S/c1-18-16-19(6-5-11-32-12-14-35(33,34)15-13-32)9-10-21(18)29-25-30-23-22(26-17-27-23)24(31-25)28-20-7-3-2-4-8-20/h9-10,16-17,20H,2-4,7-8,11-15H2,1H3,(H3,26,27,28,29,30,31). The molecule has 3 heterocycles. The molecular weight excluding hydrogens is 462 g/mol. The second kappa shape index (κ2) is 10.2. The number of nitrogens with one attached hydrogen (secondary N) is 3. The molecule has 1 aliphatic heterocycles. The minimum absolute atomic E-state index is 0.220. The Kier molecular flexibility index (Phi) is 6.88. The molecule has 0 radical (unpaired) electrons. The summed E-state index contributed by atoms with van der Waals surface area (Å²) in [4.78, 5) is 18.9. The van der Waals surface area contributed by atoms with Gasteiger partial charge < -0.3 is 15.6 Å². The molecule has 0 unspecified atom stereocenters. The maximum absolute atomic E-state index is 11.6. The number of sulfone groups is 1. The molecule has 0 amide bonds. The number of aryl methyl sites for hydroxylation is 1. The van der Waals surface area contributed by atoms with Gasteiger partial charge in [0, 0.05) is 30.4 Å². The summed E-state index contributed by atoms with van der Waals surface area (Å²) in [5.74, 6) is 8.10. The van der Waals surface area contributed by atoms with Gasteiger partial charge in [0.25, 0.3) is 0 Å². The van der Waals surface area contributed by atoms with Crippen LogP contribution in [0.15, 0.2) is 24.5 Å². The molecule has 5 rings (SSSR count). The first-order valence-electron chi connectivity index (χ1n) is 12.2. The average molecular weight is 494 g/mol. The lowest BCUT2D eigenvalue weighted by Gasteiger charge is -2.24. The summed E-state index contributed by atoms with van der Waals surface area (Å²) in [5, 5.41) is 6.94. The number of nitrogens with zero attached hydrogens (tertiary/aromatic N) is 4. The van der Waals surface area contributed by atoms with Gasteiger partial charge in [0.05, 0.1) is 24.4 Å². The second-order valence-corrected chi connectivity index (χ2v) is 11.7. The third-order valence-electron chi connectivity index (χ3n) is 6.68. The van der Waals surface area contributed by atoms with Crippen molar-refractivity contribution in [3.8, 4) is 11.8 Å². The molecule has 2 aliphatic rings. The van der Waals surface area contributed by atoms with E-state index in [9.17, 15) is 8.42 Å². The largest absolute Gasteiger partial charge is 0.365 e. The van der Waals surface area contributed by atoms with E-state index in [0.29, 0.717) is 37.3 Å². The topological polar surface area (TPSA) is 116 Å². The number of anilines is 3. The number of aromatic nitrogens is 4. The summed E-state index contributed by atoms with van der Waals surface area (Å²) in [7, 11) is -2.87. The van der Waals surface area contributed by atoms with Crippen molar-refractivity contribution >= 4 is 38.5 Å². The van der Waals surface area contributed by atoms with Gasteiger partial charge in [0.2, 0.25) is 5.95 Å². The van der Waals surface area contributed by atoms with Crippen LogP contribution >= 0.6 is 0 Å². The van der Waals surface area contributed by atoms with E-state index in [0.717, 1.165) is 41.0 Å². The third kappa shape index (κ3) is 5.92. The van der Waals surface area contributed by atoms with E-state index in [-0.39, 0.29) is 11.5 Å². The van der Waals surface area contributed by atoms with E-state index in [1.807, 2.05) is 25.1 Å². The van der Waals surface area contributed by atoms with E-state index in [2.05, 4.69) is 42.3 Å². The molecule has 0 spiro atoms. The molecule has 1 aromatic carbocycles. The molecule has 35 heavy (non-hydrogen) atoms. The van der Waals surface area contributed by atoms with Crippen LogP contribution in [0.2, 0.25) is 0 Å². The van der Waals surface area contributed by atoms with Crippen molar-refractivity contribution in [2.75, 3.05) is 41.8 Å². The number of H-pyrrole nitrogens is 1. The molecule has 2 fully saturated rings. The lowest BCUT2D eigenvalue weighted by atomic mass is 9.95. The van der Waals surface area contributed by atoms with Crippen LogP contribution in [0.4, 0.5) is 17.5 Å². The molecule has 10 heteroatoms. The molecule has 3 N–H and O–H groups in total. The van der Waals surface area contributed by atoms with Gasteiger partial charge in [-0.3, -0.25) is 4.90 Å². The van der Waals surface area contributed by atoms with Gasteiger partial charge in [-0.15, -0.1) is 0 Å². The summed E-state index contributed by atoms with van der Waals surface area (Å²) in [6.45, 7) is 3.70. The first kappa shape index (κ1) is 23.6. The lowest BCUT2D eigenvalue weighted by molar-refractivity contribution is 0.332. The molecule has 1 saturated heterocycles. The van der Waals surface area contributed by atoms with Crippen LogP contribution in [-0.2, 0) is 9.84 Å². The van der Waals surface area contributed by atoms with Crippen molar-refractivity contribution < 1.29 is 8.42 Å². The number of hydrogen-bond donors (Lipinski definition) is 3. The number of hydrogen-bond acceptors (Lipinski definition) is 8. The average Bonchev–Trinajstić information content (AvgIpc) is 3.32. The highest BCUT2D eigenvalue weighted by Gasteiger charge is 2.20. The van der Waals surface area contributed by atoms with Crippen molar-refractivity contribution in [1.82, 2.24) is 24.8 Å². The van der Waals surface area contributed by atoms with Crippen molar-refractivity contribution in [2.24, 2.45) is 0 Å². The zero-order chi connectivity index (χ0) is 24.3. The van der Waals surface area contributed by atoms with Gasteiger partial charge in [0.15, 0.2) is 21.3 Å². The molecule has 184 valence electrons. The number of benzene rings is 1. The van der Waals surface area contributed by atoms with Crippen LogP contribution in [0.5, 0.6) is 0 Å². The molecule has 0 atom stereocenters. The van der Waals surface area contributed by atoms with Crippen LogP contribution in [0.3, 0.4) is 0 Å². The smallest absolute Gasteiger partial charge is 0.231 e. The van der Waals surface area contributed by atoms with E-state index < -0.39 is 9.84 Å². The minimum atomic E-state index is -2.87. The van der Waals surface area contributed by atoms with Crippen molar-refractivity contribution in [3.63, 3.8) is 0 Å². The summed E-state index contributed by atoms with van der Waals surface area (Å²) >= 11 is 0. The first-order chi connectivity index (χ1) is 16.9. The number of aromatic amines is 1. The Morgan fingerprint density at radius 2 is 1.94 bits per heavy atom. The van der Waals surface area contributed by atoms with E-state index in [4.69, 9.17) is 4.98 Å². The predicted octanol–water partition coefficient (Wildman–Crippen LogP) is 3.23. The Labute approximate surface area is 206 Å². The summed E-state index contributed by atoms with van der Waals surface area (Å²) in [6, 6.07) is 6.41.